The van der Waals surface area contributed by atoms with E-state index in [1.165, 1.54) is 39.5 Å². The monoisotopic (exact) mass is 821 g/mol. The number of oxime groups is 1. The number of nitrogens with one attached hydrogen (secondary N) is 3. The molecule has 0 spiro atoms. The summed E-state index contributed by atoms with van der Waals surface area (Å²) in [5.74, 6) is -4.81. The highest BCUT2D eigenvalue weighted by molar-refractivity contribution is 8.01. The minimum atomic E-state index is -1.33. The standard InChI is InChI=1S/C29H27N11O10S3.ClH/c1-11-4-19(40-29(31-11)33-17(6-41)37-40)51-8-13-9-52-26-21(25(47)39(26)22(13)27(48)49)34-24(46)20(14-10-53-28(30)32-14)38-50-7-18(44)35-36-23(45)12-2-3-15(42)16(43)5-12;/h2-5,10,21,26,41-43H,6-9H2,1H3,(H2,30,32)(H,34,46)(H,35,44)(H,36,45)(H,48,49);1H/t21?,26-;/m0./s1. The molecule has 0 aliphatic carbocycles. The zero-order valence-electron chi connectivity index (χ0n) is 27.4. The van der Waals surface area contributed by atoms with E-state index in [2.05, 4.69) is 41.4 Å². The Morgan fingerprint density at radius 3 is 2.59 bits per heavy atom. The molecule has 2 aliphatic heterocycles. The van der Waals surface area contributed by atoms with Gasteiger partial charge < -0.3 is 36.3 Å². The number of hydrogen-bond acceptors (Lipinski definition) is 18. The van der Waals surface area contributed by atoms with Gasteiger partial charge in [0.05, 0.1) is 0 Å². The summed E-state index contributed by atoms with van der Waals surface area (Å²) in [5.41, 5.74) is 10.2. The van der Waals surface area contributed by atoms with Gasteiger partial charge in [0.15, 0.2) is 34.8 Å². The number of amides is 4. The van der Waals surface area contributed by atoms with Crippen LogP contribution in [0.2, 0.25) is 0 Å². The van der Waals surface area contributed by atoms with Crippen LogP contribution in [0.4, 0.5) is 5.13 Å². The number of benzene rings is 1. The average Bonchev–Trinajstić information content (AvgIpc) is 3.76. The molecule has 1 fully saturated rings. The van der Waals surface area contributed by atoms with Crippen molar-refractivity contribution in [3.05, 3.63) is 63.7 Å². The minimum Gasteiger partial charge on any atom is -0.504 e. The first kappa shape index (κ1) is 39.5. The van der Waals surface area contributed by atoms with Crippen molar-refractivity contribution < 1.29 is 49.2 Å². The number of hydrogen-bond donors (Lipinski definition) is 8. The minimum absolute atomic E-state index is 0. The molecule has 21 nitrogen and oxygen atoms in total. The number of halogens is 1. The number of β-lactam (4-membered cyclic amide) rings is 1. The fourth-order valence-corrected chi connectivity index (χ4v) is 8.07. The van der Waals surface area contributed by atoms with Gasteiger partial charge in [0.25, 0.3) is 29.4 Å². The summed E-state index contributed by atoms with van der Waals surface area (Å²) in [6, 6.07) is 3.86. The van der Waals surface area contributed by atoms with E-state index in [4.69, 9.17) is 10.6 Å². The Kier molecular flexibility index (Phi) is 12.1. The third kappa shape index (κ3) is 8.26. The van der Waals surface area contributed by atoms with Gasteiger partial charge in [-0.15, -0.1) is 52.4 Å². The van der Waals surface area contributed by atoms with Gasteiger partial charge in [-0.3, -0.25) is 34.9 Å². The van der Waals surface area contributed by atoms with E-state index in [9.17, 15) is 44.4 Å². The van der Waals surface area contributed by atoms with Gasteiger partial charge in [-0.2, -0.15) is 9.50 Å². The Bertz CT molecular complexity index is 2230. The number of carboxylic acid groups (broad SMARTS) is 1. The van der Waals surface area contributed by atoms with Crippen LogP contribution in [-0.4, -0.2) is 115 Å². The molecule has 2 atom stereocenters. The predicted octanol–water partition coefficient (Wildman–Crippen LogP) is -0.490. The number of carbonyl (C=O) groups is 5. The number of fused-ring (bicyclic) bond motifs is 2. The number of aliphatic hydroxyl groups is 1. The van der Waals surface area contributed by atoms with Crippen molar-refractivity contribution in [3.8, 4) is 11.5 Å². The van der Waals surface area contributed by atoms with Crippen LogP contribution in [0, 0.1) is 6.92 Å². The molecule has 284 valence electrons. The molecule has 0 radical (unpaired) electrons. The highest BCUT2D eigenvalue weighted by Crippen LogP contribution is 2.41. The molecular weight excluding hydrogens is 794 g/mol. The van der Waals surface area contributed by atoms with E-state index in [-0.39, 0.29) is 64.2 Å². The Hall–Kier alpha value is -5.69. The average molecular weight is 822 g/mol. The van der Waals surface area contributed by atoms with Crippen LogP contribution in [0.3, 0.4) is 0 Å². The fraction of sp³-hybridized carbons (Fsp3) is 0.241. The number of phenols is 2. The second kappa shape index (κ2) is 16.5. The molecule has 25 heteroatoms. The summed E-state index contributed by atoms with van der Waals surface area (Å²) in [6.45, 7) is 0.582. The maximum absolute atomic E-state index is 13.4. The highest BCUT2D eigenvalue weighted by atomic mass is 35.5. The van der Waals surface area contributed by atoms with Gasteiger partial charge in [0.2, 0.25) is 0 Å². The van der Waals surface area contributed by atoms with E-state index in [0.717, 1.165) is 28.4 Å². The largest absolute Gasteiger partial charge is 0.504 e. The third-order valence-corrected chi connectivity index (χ3v) is 10.5. The van der Waals surface area contributed by atoms with Gasteiger partial charge in [-0.1, -0.05) is 5.16 Å². The zero-order chi connectivity index (χ0) is 38.0. The number of aromatic nitrogens is 5. The number of thioether (sulfide) groups is 2. The molecule has 1 saturated heterocycles. The topological polar surface area (TPSA) is 309 Å². The summed E-state index contributed by atoms with van der Waals surface area (Å²) in [5, 5.41) is 50.3. The lowest BCUT2D eigenvalue weighted by Crippen LogP contribution is -2.71. The van der Waals surface area contributed by atoms with Crippen LogP contribution < -0.4 is 21.9 Å². The SMILES string of the molecule is Cc1cc(SCC2=C(C(=O)O)N3C(=O)C(NC(=O)C(=NOCC(=O)NNC(=O)c4ccc(O)c(O)c4)c4csc(N)n4)[C@@H]3SC2)n2nc(CO)nc2n1.Cl. The van der Waals surface area contributed by atoms with Crippen LogP contribution in [-0.2, 0) is 30.6 Å². The first-order chi connectivity index (χ1) is 25.3. The summed E-state index contributed by atoms with van der Waals surface area (Å²) >= 11 is 3.48. The molecule has 54 heavy (non-hydrogen) atoms. The number of rotatable bonds is 12. The molecule has 0 saturated carbocycles. The molecule has 2 aliphatic rings. The summed E-state index contributed by atoms with van der Waals surface area (Å²) in [4.78, 5) is 82.4. The number of phenolic OH excluding ortho intramolecular Hbond substituents is 2. The van der Waals surface area contributed by atoms with Crippen LogP contribution in [0.1, 0.15) is 27.6 Å². The molecule has 5 heterocycles. The van der Waals surface area contributed by atoms with Gasteiger partial charge in [-0.05, 0) is 36.8 Å². The third-order valence-electron chi connectivity index (χ3n) is 7.41. The number of anilines is 1. The quantitative estimate of drug-likeness (QED) is 0.0223. The molecule has 3 aromatic heterocycles. The molecule has 0 bridgehead atoms. The summed E-state index contributed by atoms with van der Waals surface area (Å²) < 4.78 is 1.44. The van der Waals surface area contributed by atoms with Crippen molar-refractivity contribution in [1.29, 1.82) is 0 Å². The van der Waals surface area contributed by atoms with Crippen molar-refractivity contribution in [2.24, 2.45) is 5.16 Å². The van der Waals surface area contributed by atoms with Gasteiger partial charge in [0.1, 0.15) is 34.4 Å². The van der Waals surface area contributed by atoms with E-state index in [1.807, 2.05) is 0 Å². The Morgan fingerprint density at radius 2 is 1.91 bits per heavy atom. The number of carbonyl (C=O) groups excluding carboxylic acids is 4. The van der Waals surface area contributed by atoms with Crippen molar-refractivity contribution in [1.82, 2.24) is 45.6 Å². The van der Waals surface area contributed by atoms with E-state index >= 15 is 0 Å². The lowest BCUT2D eigenvalue weighted by atomic mass is 10.0. The lowest BCUT2D eigenvalue weighted by molar-refractivity contribution is -0.150. The normalized spacial score (nSPS) is 16.6. The van der Waals surface area contributed by atoms with Crippen LogP contribution in [0.15, 0.2) is 51.1 Å². The number of nitrogens with zero attached hydrogens (tertiary/aromatic N) is 7. The molecule has 1 unspecified atom stereocenters. The number of nitrogen functional groups attached to an aromatic ring is 1. The number of aromatic hydroxyl groups is 2. The van der Waals surface area contributed by atoms with Gasteiger partial charge >= 0.3 is 5.97 Å². The number of aliphatic hydroxyl groups excluding tert-OH is 1. The molecule has 4 amide bonds. The molecular formula is C29H28ClN11O10S3. The molecule has 9 N–H and O–H groups in total. The molecule has 4 aromatic rings. The second-order valence-corrected chi connectivity index (χ2v) is 14.0. The van der Waals surface area contributed by atoms with Crippen LogP contribution in [0.25, 0.3) is 5.78 Å². The van der Waals surface area contributed by atoms with E-state index in [0.29, 0.717) is 16.3 Å². The fourth-order valence-electron chi connectivity index (χ4n) is 4.99. The Labute approximate surface area is 321 Å². The van der Waals surface area contributed by atoms with Crippen molar-refractivity contribution in [3.63, 3.8) is 0 Å². The molecule has 1 aromatic carbocycles. The zero-order valence-corrected chi connectivity index (χ0v) is 30.7. The predicted molar refractivity (Wildman–Crippen MR) is 193 cm³/mol. The number of nitrogens with two attached hydrogens (primary N) is 1. The van der Waals surface area contributed by atoms with E-state index < -0.39 is 64.8 Å². The summed E-state index contributed by atoms with van der Waals surface area (Å²) in [6.07, 6.45) is 0. The smallest absolute Gasteiger partial charge is 0.352 e. The van der Waals surface area contributed by atoms with E-state index in [1.54, 1.807) is 13.0 Å². The number of thiazole rings is 1. The second-order valence-electron chi connectivity index (χ2n) is 11.0. The molecule has 6 rings (SSSR count). The van der Waals surface area contributed by atoms with Gasteiger partial charge in [0, 0.05) is 28.1 Å². The van der Waals surface area contributed by atoms with Crippen molar-refractivity contribution in [2.45, 2.75) is 30.0 Å². The number of aryl methyl sites for hydroxylation is 1. The number of carboxylic acids is 1. The first-order valence-corrected chi connectivity index (χ1v) is 18.0. The van der Waals surface area contributed by atoms with Gasteiger partial charge in [-0.25, -0.2) is 14.8 Å². The lowest BCUT2D eigenvalue weighted by Gasteiger charge is -2.49. The first-order valence-electron chi connectivity index (χ1n) is 15.0. The maximum atomic E-state index is 13.4. The maximum Gasteiger partial charge on any atom is 0.352 e. The Balaban J connectivity index is 0.00000561. The number of hydrazine groups is 1. The van der Waals surface area contributed by atoms with Crippen molar-refractivity contribution >= 4 is 93.5 Å². The highest BCUT2D eigenvalue weighted by Gasteiger charge is 2.54. The number of aliphatic carboxylic acids is 1. The Morgan fingerprint density at radius 1 is 1.13 bits per heavy atom. The van der Waals surface area contributed by atoms with Crippen LogP contribution in [0.5, 0.6) is 11.5 Å². The van der Waals surface area contributed by atoms with Crippen molar-refractivity contribution in [2.75, 3.05) is 23.8 Å². The van der Waals surface area contributed by atoms with Crippen LogP contribution >= 0.6 is 47.3 Å². The summed E-state index contributed by atoms with van der Waals surface area (Å²) in [7, 11) is 0.